The number of ether oxygens (including phenoxy) is 1. The highest BCUT2D eigenvalue weighted by atomic mass is 32.2. The molecule has 0 atom stereocenters. The minimum atomic E-state index is -0.105. The van der Waals surface area contributed by atoms with Gasteiger partial charge in [-0.3, -0.25) is 18.7 Å². The number of benzene rings is 1. The summed E-state index contributed by atoms with van der Waals surface area (Å²) in [4.78, 5) is 30.9. The predicted octanol–water partition coefficient (Wildman–Crippen LogP) is 4.11. The molecule has 9 heteroatoms. The second-order valence-corrected chi connectivity index (χ2v) is 8.78. The van der Waals surface area contributed by atoms with Crippen LogP contribution < -0.4 is 5.56 Å². The lowest BCUT2D eigenvalue weighted by molar-refractivity contribution is 0.102. The maximum absolute atomic E-state index is 13.1. The molecule has 0 saturated carbocycles. The number of methoxy groups -OCH3 is 1. The molecule has 0 radical (unpaired) electrons. The molecule has 0 spiro atoms. The van der Waals surface area contributed by atoms with Gasteiger partial charge in [-0.1, -0.05) is 29.1 Å². The Bertz CT molecular complexity index is 1370. The van der Waals surface area contributed by atoms with Crippen LogP contribution in [0.1, 0.15) is 33.9 Å². The Hall–Kier alpha value is -3.17. The molecule has 0 unspecified atom stereocenters. The quantitative estimate of drug-likeness (QED) is 0.159. The highest BCUT2D eigenvalue weighted by molar-refractivity contribution is 7.99. The summed E-state index contributed by atoms with van der Waals surface area (Å²) in [7, 11) is 1.63. The molecule has 1 aromatic carbocycles. The average molecular weight is 467 g/mol. The maximum Gasteiger partial charge on any atom is 0.262 e. The topological polar surface area (TPSA) is 92.2 Å². The van der Waals surface area contributed by atoms with Crippen LogP contribution >= 0.6 is 11.8 Å². The Kier molecular flexibility index (Phi) is 6.80. The van der Waals surface area contributed by atoms with Crippen molar-refractivity contribution < 1.29 is 14.1 Å². The van der Waals surface area contributed by atoms with Crippen LogP contribution in [0.4, 0.5) is 0 Å². The van der Waals surface area contributed by atoms with Gasteiger partial charge in [-0.25, -0.2) is 4.98 Å². The molecule has 4 rings (SSSR count). The third kappa shape index (κ3) is 4.65. The molecule has 4 aromatic rings. The zero-order chi connectivity index (χ0) is 23.5. The number of Topliss-reactive ketones (excluding diaryl/α,β-unsaturated/α-hetero) is 1. The van der Waals surface area contributed by atoms with Crippen LogP contribution in [0.15, 0.2) is 50.9 Å². The molecule has 0 N–H and O–H groups in total. The van der Waals surface area contributed by atoms with Crippen LogP contribution in [0, 0.1) is 20.8 Å². The largest absolute Gasteiger partial charge is 0.385 e. The van der Waals surface area contributed by atoms with Crippen molar-refractivity contribution >= 4 is 28.4 Å². The number of thioether (sulfide) groups is 1. The van der Waals surface area contributed by atoms with E-state index in [1.807, 2.05) is 55.7 Å². The first kappa shape index (κ1) is 23.0. The van der Waals surface area contributed by atoms with Gasteiger partial charge in [0.15, 0.2) is 16.8 Å². The highest BCUT2D eigenvalue weighted by Crippen LogP contribution is 2.24. The van der Waals surface area contributed by atoms with Crippen molar-refractivity contribution in [2.45, 2.75) is 38.9 Å². The Labute approximate surface area is 195 Å². The smallest absolute Gasteiger partial charge is 0.262 e. The van der Waals surface area contributed by atoms with Crippen molar-refractivity contribution in [3.05, 3.63) is 69.5 Å². The number of hydrogen-bond donors (Lipinski definition) is 0. The summed E-state index contributed by atoms with van der Waals surface area (Å²) in [5, 5.41) is 5.17. The molecule has 0 bridgehead atoms. The Morgan fingerprint density at radius 2 is 1.97 bits per heavy atom. The summed E-state index contributed by atoms with van der Waals surface area (Å²) in [6, 6.07) is 11.0. The number of para-hydroxylation sites is 1. The van der Waals surface area contributed by atoms with Crippen molar-refractivity contribution in [1.82, 2.24) is 19.3 Å². The number of fused-ring (bicyclic) bond motifs is 1. The molecule has 8 nitrogen and oxygen atoms in total. The number of nitrogens with zero attached hydrogens (tertiary/aromatic N) is 4. The summed E-state index contributed by atoms with van der Waals surface area (Å²) < 4.78 is 13.9. The fraction of sp³-hybridized carbons (Fsp3) is 0.333. The van der Waals surface area contributed by atoms with Crippen molar-refractivity contribution in [3.63, 3.8) is 0 Å². The molecule has 0 fully saturated rings. The molecule has 0 amide bonds. The zero-order valence-corrected chi connectivity index (χ0v) is 19.9. The molecule has 0 aliphatic carbocycles. The van der Waals surface area contributed by atoms with Crippen LogP contribution in [-0.2, 0) is 11.3 Å². The number of carbonyl (C=O) groups is 1. The fourth-order valence-corrected chi connectivity index (χ4v) is 4.79. The molecule has 33 heavy (non-hydrogen) atoms. The van der Waals surface area contributed by atoms with E-state index in [9.17, 15) is 9.59 Å². The highest BCUT2D eigenvalue weighted by Gasteiger charge is 2.20. The normalized spacial score (nSPS) is 11.4. The number of aryl methyl sites for hydroxylation is 2. The van der Waals surface area contributed by atoms with Crippen molar-refractivity contribution in [2.24, 2.45) is 0 Å². The number of carbonyl (C=O) groups excluding carboxylic acids is 1. The van der Waals surface area contributed by atoms with Gasteiger partial charge < -0.3 is 9.26 Å². The van der Waals surface area contributed by atoms with E-state index < -0.39 is 0 Å². The van der Waals surface area contributed by atoms with Crippen LogP contribution in [0.25, 0.3) is 16.7 Å². The molecule has 3 aromatic heterocycles. The van der Waals surface area contributed by atoms with Gasteiger partial charge in [-0.2, -0.15) is 0 Å². The molecule has 0 saturated heterocycles. The molecule has 172 valence electrons. The Morgan fingerprint density at radius 3 is 2.70 bits per heavy atom. The first-order chi connectivity index (χ1) is 15.9. The Balaban J connectivity index is 1.61. The molecule has 0 aliphatic rings. The van der Waals surface area contributed by atoms with Crippen molar-refractivity contribution in [1.29, 1.82) is 0 Å². The van der Waals surface area contributed by atoms with Gasteiger partial charge >= 0.3 is 0 Å². The SMILES string of the molecule is COCCCn1c(SCC(=O)c2cc(C)n(-c3cc(C)on3)c2C)nc2ccccc2c1=O. The van der Waals surface area contributed by atoms with Gasteiger partial charge in [-0.05, 0) is 45.4 Å². The second-order valence-electron chi connectivity index (χ2n) is 7.84. The maximum atomic E-state index is 13.1. The second kappa shape index (κ2) is 9.76. The van der Waals surface area contributed by atoms with E-state index in [2.05, 4.69) is 10.1 Å². The third-order valence-electron chi connectivity index (χ3n) is 5.47. The van der Waals surface area contributed by atoms with Crippen LogP contribution in [0.2, 0.25) is 0 Å². The van der Waals surface area contributed by atoms with Crippen LogP contribution in [0.5, 0.6) is 0 Å². The molecular formula is C24H26N4O4S. The minimum absolute atomic E-state index is 0.0367. The van der Waals surface area contributed by atoms with E-state index in [0.717, 1.165) is 11.4 Å². The van der Waals surface area contributed by atoms with Crippen LogP contribution in [0.3, 0.4) is 0 Å². The predicted molar refractivity (Wildman–Crippen MR) is 128 cm³/mol. The van der Waals surface area contributed by atoms with Gasteiger partial charge in [-0.15, -0.1) is 0 Å². The summed E-state index contributed by atoms with van der Waals surface area (Å²) >= 11 is 1.28. The van der Waals surface area contributed by atoms with E-state index in [-0.39, 0.29) is 17.1 Å². The van der Waals surface area contributed by atoms with Gasteiger partial charge in [0.25, 0.3) is 5.56 Å². The molecule has 3 heterocycles. The van der Waals surface area contributed by atoms with E-state index >= 15 is 0 Å². The number of hydrogen-bond acceptors (Lipinski definition) is 7. The lowest BCUT2D eigenvalue weighted by atomic mass is 10.2. The van der Waals surface area contributed by atoms with Gasteiger partial charge in [0, 0.05) is 43.3 Å². The molecular weight excluding hydrogens is 440 g/mol. The van der Waals surface area contributed by atoms with E-state index in [4.69, 9.17) is 9.26 Å². The first-order valence-corrected chi connectivity index (χ1v) is 11.7. The Morgan fingerprint density at radius 1 is 1.18 bits per heavy atom. The number of ketones is 1. The monoisotopic (exact) mass is 466 g/mol. The zero-order valence-electron chi connectivity index (χ0n) is 19.1. The number of aromatic nitrogens is 4. The average Bonchev–Trinajstić information content (AvgIpc) is 3.35. The summed E-state index contributed by atoms with van der Waals surface area (Å²) in [5.41, 5.74) is 2.84. The summed E-state index contributed by atoms with van der Waals surface area (Å²) in [6.07, 6.45) is 0.677. The van der Waals surface area contributed by atoms with Crippen molar-refractivity contribution in [3.8, 4) is 5.82 Å². The summed E-state index contributed by atoms with van der Waals surface area (Å²) in [5.74, 6) is 1.48. The standard InChI is InChI=1S/C24H26N4O4S/c1-15-12-19(17(3)28(15)22-13-16(2)32-26-22)21(29)14-33-24-25-20-9-6-5-8-18(20)23(30)27(24)10-7-11-31-4/h5-6,8-9,12-13H,7,10-11,14H2,1-4H3. The lowest BCUT2D eigenvalue weighted by Crippen LogP contribution is -2.24. The fourth-order valence-electron chi connectivity index (χ4n) is 3.89. The third-order valence-corrected chi connectivity index (χ3v) is 6.44. The lowest BCUT2D eigenvalue weighted by Gasteiger charge is -2.13. The van der Waals surface area contributed by atoms with Gasteiger partial charge in [0.1, 0.15) is 5.76 Å². The van der Waals surface area contributed by atoms with E-state index in [1.165, 1.54) is 11.8 Å². The van der Waals surface area contributed by atoms with E-state index in [0.29, 0.717) is 52.8 Å². The molecule has 0 aliphatic heterocycles. The number of rotatable bonds is 9. The minimum Gasteiger partial charge on any atom is -0.385 e. The summed E-state index contributed by atoms with van der Waals surface area (Å²) in [6.45, 7) is 6.66. The van der Waals surface area contributed by atoms with E-state index in [1.54, 1.807) is 17.7 Å². The van der Waals surface area contributed by atoms with Gasteiger partial charge in [0.2, 0.25) is 0 Å². The van der Waals surface area contributed by atoms with Gasteiger partial charge in [0.05, 0.1) is 16.7 Å². The van der Waals surface area contributed by atoms with Crippen LogP contribution in [-0.4, -0.2) is 44.5 Å². The van der Waals surface area contributed by atoms with Crippen molar-refractivity contribution in [2.75, 3.05) is 19.5 Å². The first-order valence-electron chi connectivity index (χ1n) is 10.7.